The molecule has 0 radical (unpaired) electrons. The maximum atomic E-state index is 4.62. The number of aromatic nitrogens is 3. The summed E-state index contributed by atoms with van der Waals surface area (Å²) in [6.45, 7) is 2.29. The molecule has 1 saturated carbocycles. The van der Waals surface area contributed by atoms with Crippen molar-refractivity contribution in [1.82, 2.24) is 20.1 Å². The average Bonchev–Trinajstić information content (AvgIpc) is 2.85. The molecule has 0 unspecified atom stereocenters. The Hall–Kier alpha value is -0.900. The predicted molar refractivity (Wildman–Crippen MR) is 53.0 cm³/mol. The number of hydrogen-bond donors (Lipinski definition) is 1. The third kappa shape index (κ3) is 1.43. The van der Waals surface area contributed by atoms with Crippen molar-refractivity contribution in [3.63, 3.8) is 0 Å². The van der Waals surface area contributed by atoms with E-state index in [9.17, 15) is 0 Å². The summed E-state index contributed by atoms with van der Waals surface area (Å²) in [5.74, 6) is 3.70. The van der Waals surface area contributed by atoms with E-state index in [-0.39, 0.29) is 0 Å². The topological polar surface area (TPSA) is 42.7 Å². The summed E-state index contributed by atoms with van der Waals surface area (Å²) >= 11 is 0. The Bertz CT molecular complexity index is 336. The van der Waals surface area contributed by atoms with Crippen LogP contribution in [0.15, 0.2) is 0 Å². The molecule has 0 aromatic carbocycles. The molecule has 1 saturated heterocycles. The molecule has 76 valence electrons. The van der Waals surface area contributed by atoms with E-state index < -0.39 is 0 Å². The molecule has 1 aromatic rings. The third-order valence-corrected chi connectivity index (χ3v) is 3.15. The molecule has 0 spiro atoms. The zero-order valence-corrected chi connectivity index (χ0v) is 8.53. The van der Waals surface area contributed by atoms with Gasteiger partial charge in [-0.05, 0) is 31.8 Å². The molecule has 4 heteroatoms. The number of nitrogens with one attached hydrogen (secondary N) is 1. The molecule has 1 N–H and O–H groups in total. The fraction of sp³-hybridized carbons (Fsp3) is 0.800. The molecule has 2 fully saturated rings. The van der Waals surface area contributed by atoms with Crippen molar-refractivity contribution >= 4 is 0 Å². The van der Waals surface area contributed by atoms with E-state index in [2.05, 4.69) is 15.4 Å². The molecule has 3 rings (SSSR count). The summed E-state index contributed by atoms with van der Waals surface area (Å²) < 4.78 is 1.96. The normalized spacial score (nSPS) is 22.4. The number of aryl methyl sites for hydroxylation is 1. The monoisotopic (exact) mass is 192 g/mol. The van der Waals surface area contributed by atoms with Gasteiger partial charge in [0.05, 0.1) is 0 Å². The van der Waals surface area contributed by atoms with E-state index in [0.717, 1.165) is 31.3 Å². The highest BCUT2D eigenvalue weighted by molar-refractivity contribution is 5.06. The van der Waals surface area contributed by atoms with Crippen LogP contribution in [0.3, 0.4) is 0 Å². The first-order valence-corrected chi connectivity index (χ1v) is 5.43. The van der Waals surface area contributed by atoms with Gasteiger partial charge >= 0.3 is 0 Å². The highest BCUT2D eigenvalue weighted by Gasteiger charge is 2.29. The Labute approximate surface area is 83.7 Å². The summed E-state index contributed by atoms with van der Waals surface area (Å²) in [7, 11) is 2.01. The zero-order chi connectivity index (χ0) is 9.54. The fourth-order valence-electron chi connectivity index (χ4n) is 1.88. The summed E-state index contributed by atoms with van der Waals surface area (Å²) in [6.07, 6.45) is 3.66. The van der Waals surface area contributed by atoms with Crippen molar-refractivity contribution in [2.24, 2.45) is 13.0 Å². The fourth-order valence-corrected chi connectivity index (χ4v) is 1.88. The van der Waals surface area contributed by atoms with Crippen LogP contribution in [-0.4, -0.2) is 27.9 Å². The maximum Gasteiger partial charge on any atom is 0.154 e. The standard InChI is InChI=1S/C10H16N4/c1-14-9(4-7-5-11-6-7)12-10(13-14)8-2-3-8/h7-8,11H,2-6H2,1H3. The number of hydrogen-bond acceptors (Lipinski definition) is 3. The molecule has 1 aromatic heterocycles. The SMILES string of the molecule is Cn1nc(C2CC2)nc1CC1CNC1. The second-order valence-corrected chi connectivity index (χ2v) is 4.51. The van der Waals surface area contributed by atoms with Gasteiger partial charge in [-0.2, -0.15) is 5.10 Å². The van der Waals surface area contributed by atoms with Crippen LogP contribution in [0.25, 0.3) is 0 Å². The van der Waals surface area contributed by atoms with Crippen molar-refractivity contribution < 1.29 is 0 Å². The average molecular weight is 192 g/mol. The van der Waals surface area contributed by atoms with Crippen molar-refractivity contribution in [2.75, 3.05) is 13.1 Å². The second-order valence-electron chi connectivity index (χ2n) is 4.51. The molecule has 0 atom stereocenters. The summed E-state index contributed by atoms with van der Waals surface area (Å²) in [5, 5.41) is 7.75. The predicted octanol–water partition coefficient (Wildman–Crippen LogP) is 0.454. The lowest BCUT2D eigenvalue weighted by molar-refractivity contribution is 0.337. The van der Waals surface area contributed by atoms with Gasteiger partial charge < -0.3 is 5.32 Å². The van der Waals surface area contributed by atoms with E-state index >= 15 is 0 Å². The van der Waals surface area contributed by atoms with Crippen LogP contribution in [0.5, 0.6) is 0 Å². The first-order chi connectivity index (χ1) is 6.83. The molecule has 14 heavy (non-hydrogen) atoms. The van der Waals surface area contributed by atoms with Crippen molar-refractivity contribution in [1.29, 1.82) is 0 Å². The van der Waals surface area contributed by atoms with Gasteiger partial charge in [-0.3, -0.25) is 4.68 Å². The van der Waals surface area contributed by atoms with Gasteiger partial charge in [-0.15, -0.1) is 0 Å². The lowest BCUT2D eigenvalue weighted by Gasteiger charge is -2.26. The smallest absolute Gasteiger partial charge is 0.154 e. The van der Waals surface area contributed by atoms with E-state index in [1.165, 1.54) is 18.7 Å². The molecular formula is C10H16N4. The van der Waals surface area contributed by atoms with Crippen molar-refractivity contribution in [2.45, 2.75) is 25.2 Å². The molecule has 1 aliphatic carbocycles. The Morgan fingerprint density at radius 2 is 2.21 bits per heavy atom. The van der Waals surface area contributed by atoms with Gasteiger partial charge in [0.15, 0.2) is 5.82 Å². The van der Waals surface area contributed by atoms with Crippen LogP contribution in [0.2, 0.25) is 0 Å². The minimum atomic E-state index is 0.675. The quantitative estimate of drug-likeness (QED) is 0.756. The van der Waals surface area contributed by atoms with E-state index in [4.69, 9.17) is 0 Å². The Morgan fingerprint density at radius 1 is 1.43 bits per heavy atom. The van der Waals surface area contributed by atoms with Crippen LogP contribution < -0.4 is 5.32 Å². The van der Waals surface area contributed by atoms with Crippen molar-refractivity contribution in [3.8, 4) is 0 Å². The molecule has 0 bridgehead atoms. The van der Waals surface area contributed by atoms with Gasteiger partial charge in [-0.1, -0.05) is 0 Å². The lowest BCUT2D eigenvalue weighted by Crippen LogP contribution is -2.43. The Morgan fingerprint density at radius 3 is 2.79 bits per heavy atom. The summed E-state index contributed by atoms with van der Waals surface area (Å²) in [5.41, 5.74) is 0. The van der Waals surface area contributed by atoms with Gasteiger partial charge in [0.2, 0.25) is 0 Å². The highest BCUT2D eigenvalue weighted by Crippen LogP contribution is 2.38. The Kier molecular flexibility index (Phi) is 1.83. The van der Waals surface area contributed by atoms with Crippen LogP contribution in [-0.2, 0) is 13.5 Å². The molecule has 2 aliphatic rings. The largest absolute Gasteiger partial charge is 0.316 e. The van der Waals surface area contributed by atoms with Gasteiger partial charge in [0.25, 0.3) is 0 Å². The number of rotatable bonds is 3. The van der Waals surface area contributed by atoms with E-state index in [0.29, 0.717) is 5.92 Å². The lowest BCUT2D eigenvalue weighted by atomic mass is 9.99. The summed E-state index contributed by atoms with van der Waals surface area (Å²) in [4.78, 5) is 4.62. The minimum Gasteiger partial charge on any atom is -0.316 e. The molecular weight excluding hydrogens is 176 g/mol. The molecule has 2 heterocycles. The first-order valence-electron chi connectivity index (χ1n) is 5.43. The number of nitrogens with zero attached hydrogens (tertiary/aromatic N) is 3. The van der Waals surface area contributed by atoms with E-state index in [1.54, 1.807) is 0 Å². The van der Waals surface area contributed by atoms with Crippen LogP contribution in [0.4, 0.5) is 0 Å². The van der Waals surface area contributed by atoms with Gasteiger partial charge in [0, 0.05) is 19.4 Å². The van der Waals surface area contributed by atoms with Gasteiger partial charge in [-0.25, -0.2) is 4.98 Å². The second kappa shape index (κ2) is 3.05. The molecule has 0 amide bonds. The molecule has 1 aliphatic heterocycles. The minimum absolute atomic E-state index is 0.675. The third-order valence-electron chi connectivity index (χ3n) is 3.15. The highest BCUT2D eigenvalue weighted by atomic mass is 15.3. The van der Waals surface area contributed by atoms with Crippen LogP contribution in [0.1, 0.15) is 30.4 Å². The van der Waals surface area contributed by atoms with Crippen LogP contribution >= 0.6 is 0 Å². The van der Waals surface area contributed by atoms with E-state index in [1.807, 2.05) is 11.7 Å². The Balaban J connectivity index is 1.74. The maximum absolute atomic E-state index is 4.62. The summed E-state index contributed by atoms with van der Waals surface area (Å²) in [6, 6.07) is 0. The van der Waals surface area contributed by atoms with Crippen LogP contribution in [0, 0.1) is 5.92 Å². The van der Waals surface area contributed by atoms with Gasteiger partial charge in [0.1, 0.15) is 5.82 Å². The first kappa shape index (κ1) is 8.41. The van der Waals surface area contributed by atoms with Crippen molar-refractivity contribution in [3.05, 3.63) is 11.6 Å². The molecule has 4 nitrogen and oxygen atoms in total. The zero-order valence-electron chi connectivity index (χ0n) is 8.53.